The topological polar surface area (TPSA) is 45.2 Å². The van der Waals surface area contributed by atoms with Gasteiger partial charge in [-0.1, -0.05) is 32.0 Å². The highest BCUT2D eigenvalue weighted by Gasteiger charge is 2.16. The van der Waals surface area contributed by atoms with Crippen molar-refractivity contribution in [3.63, 3.8) is 0 Å². The maximum absolute atomic E-state index is 13.1. The molecule has 4 nitrogen and oxygen atoms in total. The first kappa shape index (κ1) is 20.5. The third-order valence-electron chi connectivity index (χ3n) is 5.16. The monoisotopic (exact) mass is 395 g/mol. The van der Waals surface area contributed by atoms with Crippen LogP contribution >= 0.6 is 11.3 Å². The van der Waals surface area contributed by atoms with Gasteiger partial charge in [0.2, 0.25) is 0 Å². The molecule has 2 aromatic heterocycles. The molecule has 28 heavy (non-hydrogen) atoms. The fourth-order valence-corrected chi connectivity index (χ4v) is 4.11. The Morgan fingerprint density at radius 3 is 2.71 bits per heavy atom. The molecule has 5 heteroatoms. The van der Waals surface area contributed by atoms with Crippen LogP contribution in [0.4, 0.5) is 0 Å². The van der Waals surface area contributed by atoms with E-state index in [0.717, 1.165) is 54.6 Å². The Labute approximate surface area is 171 Å². The summed E-state index contributed by atoms with van der Waals surface area (Å²) in [6.45, 7) is 9.69. The zero-order valence-electron chi connectivity index (χ0n) is 16.9. The van der Waals surface area contributed by atoms with Crippen molar-refractivity contribution in [3.8, 4) is 11.3 Å². The van der Waals surface area contributed by atoms with E-state index in [1.807, 2.05) is 41.8 Å². The average molecular weight is 396 g/mol. The van der Waals surface area contributed by atoms with Crippen LogP contribution in [0.15, 0.2) is 47.2 Å². The molecule has 0 aliphatic carbocycles. The quantitative estimate of drug-likeness (QED) is 0.541. The summed E-state index contributed by atoms with van der Waals surface area (Å²) < 4.78 is 0. The van der Waals surface area contributed by atoms with Crippen molar-refractivity contribution in [1.29, 1.82) is 0 Å². The largest absolute Gasteiger partial charge is 0.350 e. The highest BCUT2D eigenvalue weighted by Crippen LogP contribution is 2.26. The second-order valence-corrected chi connectivity index (χ2v) is 7.91. The van der Waals surface area contributed by atoms with Crippen molar-refractivity contribution in [2.24, 2.45) is 0 Å². The minimum Gasteiger partial charge on any atom is -0.350 e. The summed E-state index contributed by atoms with van der Waals surface area (Å²) in [5, 5.41) is 8.18. The summed E-state index contributed by atoms with van der Waals surface area (Å²) in [6.07, 6.45) is 2.06. The summed E-state index contributed by atoms with van der Waals surface area (Å²) in [6, 6.07) is 12.0. The number of nitrogens with zero attached hydrogens (tertiary/aromatic N) is 2. The number of aromatic nitrogens is 1. The van der Waals surface area contributed by atoms with Gasteiger partial charge in [0.05, 0.1) is 16.8 Å². The van der Waals surface area contributed by atoms with Gasteiger partial charge in [0, 0.05) is 22.4 Å². The molecule has 1 amide bonds. The van der Waals surface area contributed by atoms with Crippen LogP contribution in [0.1, 0.15) is 44.0 Å². The van der Waals surface area contributed by atoms with Crippen LogP contribution in [0.3, 0.4) is 0 Å². The van der Waals surface area contributed by atoms with Crippen molar-refractivity contribution < 1.29 is 4.79 Å². The van der Waals surface area contributed by atoms with Gasteiger partial charge in [0.1, 0.15) is 0 Å². The molecule has 0 bridgehead atoms. The smallest absolute Gasteiger partial charge is 0.252 e. The second kappa shape index (κ2) is 9.80. The number of pyridine rings is 1. The Hall–Kier alpha value is -2.24. The molecule has 0 saturated heterocycles. The summed E-state index contributed by atoms with van der Waals surface area (Å²) >= 11 is 1.64. The standard InChI is InChI=1S/C23H29N3OS/c1-4-26(5-2)13-8-9-17(3)24-23(27)20-15-22(18-12-14-28-16-18)25-21-11-7-6-10-19(20)21/h6-7,10-12,14-17H,4-5,8-9,13H2,1-3H3,(H,24,27). The lowest BCUT2D eigenvalue weighted by atomic mass is 10.0. The number of hydrogen-bond donors (Lipinski definition) is 1. The number of rotatable bonds is 9. The molecule has 0 aliphatic heterocycles. The number of thiophene rings is 1. The molecule has 2 heterocycles. The fourth-order valence-electron chi connectivity index (χ4n) is 3.46. The molecule has 148 valence electrons. The van der Waals surface area contributed by atoms with E-state index >= 15 is 0 Å². The molecule has 0 saturated carbocycles. The normalized spacial score (nSPS) is 12.4. The molecule has 3 aromatic rings. The Bertz CT molecular complexity index is 903. The summed E-state index contributed by atoms with van der Waals surface area (Å²) in [7, 11) is 0. The van der Waals surface area contributed by atoms with Crippen LogP contribution in [0.2, 0.25) is 0 Å². The number of carbonyl (C=O) groups is 1. The van der Waals surface area contributed by atoms with Gasteiger partial charge >= 0.3 is 0 Å². The first-order valence-corrected chi connectivity index (χ1v) is 11.0. The van der Waals surface area contributed by atoms with Gasteiger partial charge in [0.15, 0.2) is 0 Å². The molecule has 1 atom stereocenters. The molecule has 1 aromatic carbocycles. The van der Waals surface area contributed by atoms with Crippen molar-refractivity contribution in [2.75, 3.05) is 19.6 Å². The number of para-hydroxylation sites is 1. The van der Waals surface area contributed by atoms with E-state index in [9.17, 15) is 4.79 Å². The van der Waals surface area contributed by atoms with Gasteiger partial charge in [-0.15, -0.1) is 0 Å². The van der Waals surface area contributed by atoms with Crippen LogP contribution in [-0.2, 0) is 0 Å². The maximum atomic E-state index is 13.1. The Morgan fingerprint density at radius 1 is 1.21 bits per heavy atom. The average Bonchev–Trinajstić information content (AvgIpc) is 3.25. The number of nitrogens with one attached hydrogen (secondary N) is 1. The van der Waals surface area contributed by atoms with Gasteiger partial charge in [0.25, 0.3) is 5.91 Å². The van der Waals surface area contributed by atoms with E-state index in [1.165, 1.54) is 0 Å². The lowest BCUT2D eigenvalue weighted by molar-refractivity contribution is 0.0939. The second-order valence-electron chi connectivity index (χ2n) is 7.13. The first-order valence-electron chi connectivity index (χ1n) is 10.1. The molecule has 1 N–H and O–H groups in total. The number of fused-ring (bicyclic) bond motifs is 1. The Kier molecular flexibility index (Phi) is 7.18. The minimum atomic E-state index is -0.0228. The lowest BCUT2D eigenvalue weighted by Crippen LogP contribution is -2.33. The fraction of sp³-hybridized carbons (Fsp3) is 0.391. The number of benzene rings is 1. The summed E-state index contributed by atoms with van der Waals surface area (Å²) in [4.78, 5) is 20.2. The predicted molar refractivity (Wildman–Crippen MR) is 119 cm³/mol. The molecule has 3 rings (SSSR count). The van der Waals surface area contributed by atoms with Gasteiger partial charge < -0.3 is 10.2 Å². The molecular formula is C23H29N3OS. The SMILES string of the molecule is CCN(CC)CCCC(C)NC(=O)c1cc(-c2ccsc2)nc2ccccc12. The van der Waals surface area contributed by atoms with E-state index in [0.29, 0.717) is 5.56 Å². The third-order valence-corrected chi connectivity index (χ3v) is 5.84. The van der Waals surface area contributed by atoms with E-state index in [2.05, 4.69) is 36.4 Å². The number of amides is 1. The zero-order chi connectivity index (χ0) is 19.9. The van der Waals surface area contributed by atoms with Crippen molar-refractivity contribution in [3.05, 3.63) is 52.7 Å². The highest BCUT2D eigenvalue weighted by molar-refractivity contribution is 7.08. The van der Waals surface area contributed by atoms with Crippen molar-refractivity contribution >= 4 is 28.1 Å². The van der Waals surface area contributed by atoms with Crippen LogP contribution in [-0.4, -0.2) is 41.5 Å². The molecule has 0 spiro atoms. The van der Waals surface area contributed by atoms with Crippen molar-refractivity contribution in [2.45, 2.75) is 39.7 Å². The van der Waals surface area contributed by atoms with Gasteiger partial charge in [-0.25, -0.2) is 4.98 Å². The Morgan fingerprint density at radius 2 is 2.00 bits per heavy atom. The zero-order valence-corrected chi connectivity index (χ0v) is 17.8. The molecule has 1 unspecified atom stereocenters. The van der Waals surface area contributed by atoms with E-state index in [-0.39, 0.29) is 11.9 Å². The number of carbonyl (C=O) groups excluding carboxylic acids is 1. The van der Waals surface area contributed by atoms with Crippen LogP contribution in [0.5, 0.6) is 0 Å². The van der Waals surface area contributed by atoms with Crippen LogP contribution in [0.25, 0.3) is 22.2 Å². The predicted octanol–water partition coefficient (Wildman–Crippen LogP) is 5.20. The van der Waals surface area contributed by atoms with Crippen LogP contribution in [0, 0.1) is 0 Å². The molecule has 0 radical (unpaired) electrons. The van der Waals surface area contributed by atoms with Gasteiger partial charge in [-0.05, 0) is 63.0 Å². The summed E-state index contributed by atoms with van der Waals surface area (Å²) in [5.74, 6) is -0.0228. The highest BCUT2D eigenvalue weighted by atomic mass is 32.1. The van der Waals surface area contributed by atoms with E-state index < -0.39 is 0 Å². The van der Waals surface area contributed by atoms with Gasteiger partial charge in [-0.2, -0.15) is 11.3 Å². The summed E-state index contributed by atoms with van der Waals surface area (Å²) in [5.41, 5.74) is 3.45. The molecule has 0 fully saturated rings. The first-order chi connectivity index (χ1) is 13.6. The minimum absolute atomic E-state index is 0.0228. The van der Waals surface area contributed by atoms with E-state index in [1.54, 1.807) is 11.3 Å². The van der Waals surface area contributed by atoms with Gasteiger partial charge in [-0.3, -0.25) is 4.79 Å². The van der Waals surface area contributed by atoms with E-state index in [4.69, 9.17) is 4.98 Å². The molecule has 0 aliphatic rings. The lowest BCUT2D eigenvalue weighted by Gasteiger charge is -2.20. The third kappa shape index (κ3) is 4.97. The Balaban J connectivity index is 1.75. The van der Waals surface area contributed by atoms with Crippen LogP contribution < -0.4 is 5.32 Å². The maximum Gasteiger partial charge on any atom is 0.252 e. The number of hydrogen-bond acceptors (Lipinski definition) is 4. The molecular weight excluding hydrogens is 366 g/mol. The van der Waals surface area contributed by atoms with Crippen molar-refractivity contribution in [1.82, 2.24) is 15.2 Å².